The summed E-state index contributed by atoms with van der Waals surface area (Å²) in [6.45, 7) is 2.13. The Balaban J connectivity index is 1.74. The fraction of sp³-hybridized carbons (Fsp3) is 0.115. The third-order valence-corrected chi connectivity index (χ3v) is 6.26. The fourth-order valence-corrected chi connectivity index (χ4v) is 4.40. The molecule has 0 radical (unpaired) electrons. The maximum absolute atomic E-state index is 13.6. The second-order valence-electron chi connectivity index (χ2n) is 7.35. The van der Waals surface area contributed by atoms with Gasteiger partial charge in [0.25, 0.3) is 11.8 Å². The molecular weight excluding hydrogens is 472 g/mol. The molecule has 1 N–H and O–H groups in total. The van der Waals surface area contributed by atoms with Crippen LogP contribution in [-0.4, -0.2) is 24.4 Å². The second-order valence-corrected chi connectivity index (χ2v) is 8.87. The van der Waals surface area contributed by atoms with Gasteiger partial charge in [0.1, 0.15) is 10.6 Å². The van der Waals surface area contributed by atoms with Crippen molar-refractivity contribution in [3.05, 3.63) is 100 Å². The number of benzene rings is 3. The van der Waals surface area contributed by atoms with Crippen LogP contribution in [0.4, 0.5) is 11.4 Å². The molecule has 0 saturated heterocycles. The van der Waals surface area contributed by atoms with Crippen molar-refractivity contribution in [3.63, 3.8) is 0 Å². The normalized spacial score (nSPS) is 13.4. The summed E-state index contributed by atoms with van der Waals surface area (Å²) < 4.78 is 5.27. The number of carbonyl (C=O) groups excluding carboxylic acids is 3. The van der Waals surface area contributed by atoms with Crippen molar-refractivity contribution in [1.82, 2.24) is 0 Å². The van der Waals surface area contributed by atoms with E-state index in [2.05, 4.69) is 5.32 Å². The third-order valence-electron chi connectivity index (χ3n) is 4.92. The molecule has 0 atom stereocenters. The van der Waals surface area contributed by atoms with E-state index in [-0.39, 0.29) is 28.5 Å². The zero-order valence-electron chi connectivity index (χ0n) is 18.3. The van der Waals surface area contributed by atoms with Gasteiger partial charge in [0, 0.05) is 15.6 Å². The largest absolute Gasteiger partial charge is 0.462 e. The lowest BCUT2D eigenvalue weighted by Crippen LogP contribution is -2.33. The highest BCUT2D eigenvalue weighted by molar-refractivity contribution is 8.04. The molecule has 4 rings (SSSR count). The van der Waals surface area contributed by atoms with Crippen LogP contribution in [0.1, 0.15) is 23.7 Å². The highest BCUT2D eigenvalue weighted by atomic mass is 35.5. The van der Waals surface area contributed by atoms with E-state index >= 15 is 0 Å². The second kappa shape index (κ2) is 10.6. The molecular formula is C26H21ClN2O4S. The maximum Gasteiger partial charge on any atom is 0.340 e. The Morgan fingerprint density at radius 2 is 1.62 bits per heavy atom. The summed E-state index contributed by atoms with van der Waals surface area (Å²) >= 11 is 7.17. The van der Waals surface area contributed by atoms with Crippen molar-refractivity contribution in [2.75, 3.05) is 16.8 Å². The van der Waals surface area contributed by atoms with Gasteiger partial charge in [-0.3, -0.25) is 9.59 Å². The number of amides is 2. The molecule has 34 heavy (non-hydrogen) atoms. The predicted molar refractivity (Wildman–Crippen MR) is 134 cm³/mol. The van der Waals surface area contributed by atoms with Crippen molar-refractivity contribution < 1.29 is 19.1 Å². The van der Waals surface area contributed by atoms with Crippen LogP contribution in [-0.2, 0) is 14.3 Å². The lowest BCUT2D eigenvalue weighted by atomic mass is 10.1. The number of hydrogen-bond donors (Lipinski definition) is 1. The van der Waals surface area contributed by atoms with Crippen LogP contribution in [0.2, 0.25) is 5.02 Å². The van der Waals surface area contributed by atoms with E-state index in [4.69, 9.17) is 16.3 Å². The molecule has 0 aromatic heterocycles. The van der Waals surface area contributed by atoms with Crippen LogP contribution in [0.15, 0.2) is 94.4 Å². The Morgan fingerprint density at radius 1 is 0.941 bits per heavy atom. The number of rotatable bonds is 8. The number of halogens is 1. The third kappa shape index (κ3) is 5.00. The monoisotopic (exact) mass is 492 g/mol. The van der Waals surface area contributed by atoms with Gasteiger partial charge in [0.2, 0.25) is 0 Å². The van der Waals surface area contributed by atoms with E-state index in [1.807, 2.05) is 37.3 Å². The summed E-state index contributed by atoms with van der Waals surface area (Å²) in [6, 6.07) is 22.5. The summed E-state index contributed by atoms with van der Waals surface area (Å²) in [5.74, 6) is -1.67. The van der Waals surface area contributed by atoms with E-state index in [0.29, 0.717) is 17.1 Å². The number of ether oxygens (including phenoxy) is 1. The molecule has 0 aliphatic carbocycles. The molecule has 8 heteroatoms. The molecule has 3 aromatic carbocycles. The highest BCUT2D eigenvalue weighted by Crippen LogP contribution is 2.38. The van der Waals surface area contributed by atoms with Gasteiger partial charge in [-0.1, -0.05) is 60.6 Å². The topological polar surface area (TPSA) is 75.7 Å². The number of esters is 1. The van der Waals surface area contributed by atoms with Crippen LogP contribution in [0.25, 0.3) is 0 Å². The van der Waals surface area contributed by atoms with E-state index in [9.17, 15) is 14.4 Å². The molecule has 2 amide bonds. The minimum atomic E-state index is -0.588. The molecule has 1 aliphatic heterocycles. The molecule has 0 fully saturated rings. The number of para-hydroxylation sites is 1. The van der Waals surface area contributed by atoms with Crippen molar-refractivity contribution >= 4 is 52.5 Å². The van der Waals surface area contributed by atoms with Gasteiger partial charge in [0.15, 0.2) is 0 Å². The quantitative estimate of drug-likeness (QED) is 0.312. The highest BCUT2D eigenvalue weighted by Gasteiger charge is 2.41. The first-order valence-corrected chi connectivity index (χ1v) is 11.8. The van der Waals surface area contributed by atoms with Crippen molar-refractivity contribution in [3.8, 4) is 0 Å². The summed E-state index contributed by atoms with van der Waals surface area (Å²) in [6.07, 6.45) is 0.657. The van der Waals surface area contributed by atoms with E-state index in [0.717, 1.165) is 9.80 Å². The van der Waals surface area contributed by atoms with Crippen LogP contribution in [0.3, 0.4) is 0 Å². The van der Waals surface area contributed by atoms with Gasteiger partial charge in [-0.15, -0.1) is 0 Å². The first-order valence-electron chi connectivity index (χ1n) is 10.6. The number of carbonyl (C=O) groups is 3. The van der Waals surface area contributed by atoms with E-state index in [1.54, 1.807) is 48.5 Å². The Morgan fingerprint density at radius 3 is 2.32 bits per heavy atom. The zero-order valence-corrected chi connectivity index (χ0v) is 19.9. The van der Waals surface area contributed by atoms with E-state index in [1.165, 1.54) is 11.8 Å². The molecule has 6 nitrogen and oxygen atoms in total. The Labute approximate surface area is 206 Å². The zero-order chi connectivity index (χ0) is 24.1. The Hall–Kier alpha value is -3.55. The first kappa shape index (κ1) is 23.6. The molecule has 0 saturated carbocycles. The Kier molecular flexibility index (Phi) is 7.35. The molecule has 172 valence electrons. The van der Waals surface area contributed by atoms with E-state index < -0.39 is 17.8 Å². The minimum absolute atomic E-state index is 0.123. The average molecular weight is 493 g/mol. The average Bonchev–Trinajstić information content (AvgIpc) is 3.08. The standard InChI is InChI=1S/C26H21ClN2O4S/c1-2-16-33-26(32)20-10-6-7-11-21(20)29-24(30)22(28-18-14-12-17(27)13-15-18)23(25(29)31)34-19-8-4-3-5-9-19/h3-15,28H,2,16H2,1H3. The first-order chi connectivity index (χ1) is 16.5. The van der Waals surface area contributed by atoms with Gasteiger partial charge >= 0.3 is 5.97 Å². The van der Waals surface area contributed by atoms with Crippen LogP contribution >= 0.6 is 23.4 Å². The summed E-state index contributed by atoms with van der Waals surface area (Å²) in [4.78, 5) is 41.8. The molecule has 1 aliphatic rings. The number of nitrogens with one attached hydrogen (secondary N) is 1. The molecule has 0 spiro atoms. The number of hydrogen-bond acceptors (Lipinski definition) is 6. The summed E-state index contributed by atoms with van der Waals surface area (Å²) in [7, 11) is 0. The van der Waals surface area contributed by atoms with Crippen molar-refractivity contribution in [2.24, 2.45) is 0 Å². The van der Waals surface area contributed by atoms with Crippen LogP contribution in [0, 0.1) is 0 Å². The lowest BCUT2D eigenvalue weighted by Gasteiger charge is -2.18. The number of imide groups is 1. The summed E-state index contributed by atoms with van der Waals surface area (Å²) in [5.41, 5.74) is 1.05. The molecule has 0 unspecified atom stereocenters. The maximum atomic E-state index is 13.6. The fourth-order valence-electron chi connectivity index (χ4n) is 3.33. The van der Waals surface area contributed by atoms with Crippen molar-refractivity contribution in [2.45, 2.75) is 18.2 Å². The number of anilines is 2. The van der Waals surface area contributed by atoms with Gasteiger partial charge in [-0.25, -0.2) is 9.69 Å². The molecule has 3 aromatic rings. The smallest absolute Gasteiger partial charge is 0.340 e. The summed E-state index contributed by atoms with van der Waals surface area (Å²) in [5, 5.41) is 3.62. The molecule has 0 bridgehead atoms. The SMILES string of the molecule is CCCOC(=O)c1ccccc1N1C(=O)C(Nc2ccc(Cl)cc2)=C(Sc2ccccc2)C1=O. The van der Waals surface area contributed by atoms with Crippen molar-refractivity contribution in [1.29, 1.82) is 0 Å². The number of nitrogens with zero attached hydrogens (tertiary/aromatic N) is 1. The van der Waals surface area contributed by atoms with Gasteiger partial charge in [-0.05, 0) is 55.0 Å². The molecule has 1 heterocycles. The lowest BCUT2D eigenvalue weighted by molar-refractivity contribution is -0.120. The van der Waals surface area contributed by atoms with Gasteiger partial charge in [-0.2, -0.15) is 0 Å². The number of thioether (sulfide) groups is 1. The van der Waals surface area contributed by atoms with Gasteiger partial charge < -0.3 is 10.1 Å². The van der Waals surface area contributed by atoms with Crippen LogP contribution < -0.4 is 10.2 Å². The van der Waals surface area contributed by atoms with Gasteiger partial charge in [0.05, 0.1) is 17.9 Å². The predicted octanol–water partition coefficient (Wildman–Crippen LogP) is 5.90. The minimum Gasteiger partial charge on any atom is -0.462 e. The Bertz CT molecular complexity index is 1260. The van der Waals surface area contributed by atoms with Crippen LogP contribution in [0.5, 0.6) is 0 Å².